The summed E-state index contributed by atoms with van der Waals surface area (Å²) in [4.78, 5) is 9.30. The molecule has 0 heterocycles. The third-order valence-electron chi connectivity index (χ3n) is 1.86. The van der Waals surface area contributed by atoms with Crippen molar-refractivity contribution in [2.45, 2.75) is 18.6 Å². The summed E-state index contributed by atoms with van der Waals surface area (Å²) in [5, 5.41) is 10.3. The Kier molecular flexibility index (Phi) is 4.32. The van der Waals surface area contributed by atoms with E-state index in [1.807, 2.05) is 4.74 Å². The van der Waals surface area contributed by atoms with Crippen LogP contribution in [0.1, 0.15) is 0 Å². The van der Waals surface area contributed by atoms with E-state index in [1.54, 1.807) is 0 Å². The summed E-state index contributed by atoms with van der Waals surface area (Å²) in [5.74, 6) is -1.14. The molecule has 0 spiro atoms. The Morgan fingerprint density at radius 3 is 2.05 bits per heavy atom. The fourth-order valence-corrected chi connectivity index (χ4v) is 1.07. The fraction of sp³-hybridized carbons (Fsp3) is 0.333. The fourth-order valence-electron chi connectivity index (χ4n) is 1.07. The summed E-state index contributed by atoms with van der Waals surface area (Å²) in [5.41, 5.74) is -0.789. The predicted octanol–water partition coefficient (Wildman–Crippen LogP) is 3.70. The van der Waals surface area contributed by atoms with Crippen molar-refractivity contribution in [2.75, 3.05) is 0 Å². The molecular formula is C9H4F7NO4. The van der Waals surface area contributed by atoms with Crippen LogP contribution in [0.5, 0.6) is 5.75 Å². The average molecular weight is 323 g/mol. The molecule has 0 aliphatic carbocycles. The number of halogens is 7. The van der Waals surface area contributed by atoms with Gasteiger partial charge in [0.25, 0.3) is 5.69 Å². The highest BCUT2D eigenvalue weighted by molar-refractivity contribution is 5.38. The van der Waals surface area contributed by atoms with Gasteiger partial charge in [0.2, 0.25) is 0 Å². The van der Waals surface area contributed by atoms with Crippen LogP contribution in [0.3, 0.4) is 0 Å². The number of rotatable bonds is 5. The lowest BCUT2D eigenvalue weighted by atomic mass is 10.3. The van der Waals surface area contributed by atoms with E-state index in [-0.39, 0.29) is 0 Å². The molecule has 0 saturated heterocycles. The van der Waals surface area contributed by atoms with E-state index in [0.29, 0.717) is 12.1 Å². The SMILES string of the molecule is O=[N+]([O-])c1cccc(OC(F)(F)C(F)(F)OC(F)(F)F)c1. The van der Waals surface area contributed by atoms with Crippen LogP contribution in [0, 0.1) is 10.1 Å². The highest BCUT2D eigenvalue weighted by Gasteiger charge is 2.66. The minimum absolute atomic E-state index is 0.331. The molecule has 0 radical (unpaired) electrons. The van der Waals surface area contributed by atoms with Crippen LogP contribution in [0.2, 0.25) is 0 Å². The van der Waals surface area contributed by atoms with Crippen LogP contribution in [-0.2, 0) is 4.74 Å². The van der Waals surface area contributed by atoms with Gasteiger partial charge in [0.1, 0.15) is 5.75 Å². The van der Waals surface area contributed by atoms with Crippen molar-refractivity contribution in [3.63, 3.8) is 0 Å². The zero-order valence-electron chi connectivity index (χ0n) is 9.54. The average Bonchev–Trinajstić information content (AvgIpc) is 2.25. The van der Waals surface area contributed by atoms with Gasteiger partial charge in [0.15, 0.2) is 0 Å². The number of hydrogen-bond acceptors (Lipinski definition) is 4. The van der Waals surface area contributed by atoms with Gasteiger partial charge in [-0.3, -0.25) is 10.1 Å². The largest absolute Gasteiger partial charge is 0.527 e. The zero-order valence-corrected chi connectivity index (χ0v) is 9.54. The summed E-state index contributed by atoms with van der Waals surface area (Å²) >= 11 is 0. The maximum Gasteiger partial charge on any atom is 0.527 e. The number of ether oxygens (including phenoxy) is 2. The van der Waals surface area contributed by atoms with Gasteiger partial charge in [-0.05, 0) is 6.07 Å². The van der Waals surface area contributed by atoms with Crippen LogP contribution in [0.15, 0.2) is 24.3 Å². The third kappa shape index (κ3) is 4.44. The Morgan fingerprint density at radius 1 is 1.00 bits per heavy atom. The second-order valence-electron chi connectivity index (χ2n) is 3.44. The molecule has 0 N–H and O–H groups in total. The standard InChI is InChI=1S/C9H4F7NO4/c10-7(11,8(12,13)21-9(14,15)16)20-6-3-1-2-5(4-6)17(18)19/h1-4H. The minimum atomic E-state index is -6.04. The van der Waals surface area contributed by atoms with E-state index < -0.39 is 34.9 Å². The second-order valence-corrected chi connectivity index (χ2v) is 3.44. The number of hydrogen-bond donors (Lipinski definition) is 0. The van der Waals surface area contributed by atoms with Crippen molar-refractivity contribution in [1.29, 1.82) is 0 Å². The molecule has 0 aliphatic rings. The van der Waals surface area contributed by atoms with Crippen LogP contribution >= 0.6 is 0 Å². The number of benzene rings is 1. The second kappa shape index (κ2) is 5.35. The molecule has 0 bridgehead atoms. The number of non-ortho nitro benzene ring substituents is 1. The van der Waals surface area contributed by atoms with Crippen molar-refractivity contribution in [2.24, 2.45) is 0 Å². The summed E-state index contributed by atoms with van der Waals surface area (Å²) < 4.78 is 91.6. The van der Waals surface area contributed by atoms with Crippen molar-refractivity contribution < 1.29 is 45.1 Å². The molecule has 21 heavy (non-hydrogen) atoms. The van der Waals surface area contributed by atoms with Crippen molar-refractivity contribution in [3.05, 3.63) is 34.4 Å². The number of nitro benzene ring substituents is 1. The molecule has 12 heteroatoms. The maximum atomic E-state index is 13.0. The summed E-state index contributed by atoms with van der Waals surface area (Å²) in [7, 11) is 0. The Labute approximate surface area is 111 Å². The van der Waals surface area contributed by atoms with Gasteiger partial charge in [0, 0.05) is 6.07 Å². The molecule has 1 aromatic carbocycles. The van der Waals surface area contributed by atoms with Gasteiger partial charge in [-0.2, -0.15) is 17.6 Å². The number of alkyl halides is 7. The van der Waals surface area contributed by atoms with Gasteiger partial charge in [-0.15, -0.1) is 13.2 Å². The van der Waals surface area contributed by atoms with E-state index in [9.17, 15) is 40.8 Å². The first-order chi connectivity index (χ1) is 9.34. The molecule has 0 aromatic heterocycles. The first-order valence-electron chi connectivity index (χ1n) is 4.80. The number of nitrogens with zero attached hydrogens (tertiary/aromatic N) is 1. The molecule has 0 aliphatic heterocycles. The van der Waals surface area contributed by atoms with Crippen LogP contribution in [0.25, 0.3) is 0 Å². The van der Waals surface area contributed by atoms with Gasteiger partial charge >= 0.3 is 18.6 Å². The van der Waals surface area contributed by atoms with Gasteiger partial charge < -0.3 is 4.74 Å². The van der Waals surface area contributed by atoms with E-state index in [1.165, 1.54) is 0 Å². The predicted molar refractivity (Wildman–Crippen MR) is 50.8 cm³/mol. The van der Waals surface area contributed by atoms with Gasteiger partial charge in [-0.1, -0.05) is 6.07 Å². The molecule has 118 valence electrons. The monoisotopic (exact) mass is 323 g/mol. The van der Waals surface area contributed by atoms with Gasteiger partial charge in [0.05, 0.1) is 11.0 Å². The third-order valence-corrected chi connectivity index (χ3v) is 1.86. The Balaban J connectivity index is 2.99. The summed E-state index contributed by atoms with van der Waals surface area (Å²) in [6, 6.07) is 2.59. The lowest BCUT2D eigenvalue weighted by Gasteiger charge is -2.26. The van der Waals surface area contributed by atoms with E-state index in [4.69, 9.17) is 0 Å². The number of nitro groups is 1. The van der Waals surface area contributed by atoms with Crippen molar-refractivity contribution in [3.8, 4) is 5.75 Å². The first-order valence-corrected chi connectivity index (χ1v) is 4.80. The molecule has 0 fully saturated rings. The molecule has 1 rings (SSSR count). The Morgan fingerprint density at radius 2 is 1.57 bits per heavy atom. The summed E-state index contributed by atoms with van der Waals surface area (Å²) in [6.45, 7) is 0. The lowest BCUT2D eigenvalue weighted by molar-refractivity contribution is -0.492. The van der Waals surface area contributed by atoms with Gasteiger partial charge in [-0.25, -0.2) is 4.74 Å². The van der Waals surface area contributed by atoms with Crippen LogP contribution in [0.4, 0.5) is 36.4 Å². The molecule has 1 aromatic rings. The maximum absolute atomic E-state index is 13.0. The van der Waals surface area contributed by atoms with E-state index >= 15 is 0 Å². The van der Waals surface area contributed by atoms with Crippen LogP contribution in [-0.4, -0.2) is 23.5 Å². The minimum Gasteiger partial charge on any atom is -0.426 e. The molecule has 0 amide bonds. The topological polar surface area (TPSA) is 61.6 Å². The van der Waals surface area contributed by atoms with E-state index in [0.717, 1.165) is 12.1 Å². The molecular weight excluding hydrogens is 319 g/mol. The van der Waals surface area contributed by atoms with Crippen molar-refractivity contribution in [1.82, 2.24) is 0 Å². The first kappa shape index (κ1) is 16.9. The molecule has 0 atom stereocenters. The highest BCUT2D eigenvalue weighted by atomic mass is 19.4. The summed E-state index contributed by atoms with van der Waals surface area (Å²) in [6.07, 6.45) is -17.8. The quantitative estimate of drug-likeness (QED) is 0.471. The van der Waals surface area contributed by atoms with Crippen LogP contribution < -0.4 is 4.74 Å². The normalized spacial score (nSPS) is 13.1. The Hall–Kier alpha value is -2.11. The highest BCUT2D eigenvalue weighted by Crippen LogP contribution is 2.41. The zero-order chi connectivity index (χ0) is 16.5. The van der Waals surface area contributed by atoms with Crippen molar-refractivity contribution >= 4 is 5.69 Å². The molecule has 5 nitrogen and oxygen atoms in total. The molecule has 0 unspecified atom stereocenters. The van der Waals surface area contributed by atoms with E-state index in [2.05, 4.69) is 4.74 Å². The lowest BCUT2D eigenvalue weighted by Crippen LogP contribution is -2.49. The molecule has 0 saturated carbocycles. The Bertz CT molecular complexity index is 531. The smallest absolute Gasteiger partial charge is 0.426 e.